The molecule has 0 bridgehead atoms. The van der Waals surface area contributed by atoms with E-state index in [1.165, 1.54) is 18.3 Å². The minimum atomic E-state index is -4.38. The zero-order valence-corrected chi connectivity index (χ0v) is 11.5. The van der Waals surface area contributed by atoms with Crippen molar-refractivity contribution in [3.8, 4) is 11.4 Å². The number of halogens is 3. The van der Waals surface area contributed by atoms with E-state index in [-0.39, 0.29) is 0 Å². The van der Waals surface area contributed by atoms with Gasteiger partial charge in [-0.2, -0.15) is 13.2 Å². The lowest BCUT2D eigenvalue weighted by Gasteiger charge is -2.22. The maximum Gasteiger partial charge on any atom is 0.416 e. The summed E-state index contributed by atoms with van der Waals surface area (Å²) >= 11 is 0. The predicted molar refractivity (Wildman–Crippen MR) is 72.3 cm³/mol. The van der Waals surface area contributed by atoms with E-state index in [1.807, 2.05) is 0 Å². The maximum absolute atomic E-state index is 12.6. The Kier molecular flexibility index (Phi) is 3.42. The van der Waals surface area contributed by atoms with E-state index in [0.717, 1.165) is 12.1 Å². The Morgan fingerprint density at radius 1 is 1.27 bits per heavy atom. The number of benzene rings is 1. The minimum Gasteiger partial charge on any atom is -0.481 e. The molecule has 2 heterocycles. The molecule has 22 heavy (non-hydrogen) atoms. The largest absolute Gasteiger partial charge is 0.481 e. The number of carboxylic acids is 1. The van der Waals surface area contributed by atoms with Crippen molar-refractivity contribution in [1.29, 1.82) is 0 Å². The smallest absolute Gasteiger partial charge is 0.416 e. The average molecular weight is 310 g/mol. The fraction of sp³-hybridized carbons (Fsp3) is 0.333. The molecular weight excluding hydrogens is 297 g/mol. The van der Waals surface area contributed by atoms with Crippen molar-refractivity contribution >= 4 is 5.97 Å². The zero-order chi connectivity index (χ0) is 15.9. The molecule has 2 aromatic rings. The SMILES string of the molecule is O=C(O)C1CCCn2c1cnc2-c1ccc(C(F)(F)F)cc1. The van der Waals surface area contributed by atoms with Crippen LogP contribution in [0, 0.1) is 0 Å². The molecular formula is C15H13F3N2O2. The van der Waals surface area contributed by atoms with Crippen molar-refractivity contribution in [2.45, 2.75) is 31.5 Å². The fourth-order valence-electron chi connectivity index (χ4n) is 2.79. The van der Waals surface area contributed by atoms with Gasteiger partial charge in [-0.15, -0.1) is 0 Å². The lowest BCUT2D eigenvalue weighted by molar-refractivity contribution is -0.139. The minimum absolute atomic E-state index is 0.509. The highest BCUT2D eigenvalue weighted by Gasteiger charge is 2.31. The topological polar surface area (TPSA) is 55.1 Å². The van der Waals surface area contributed by atoms with Gasteiger partial charge in [-0.3, -0.25) is 4.79 Å². The van der Waals surface area contributed by atoms with Crippen LogP contribution in [0.25, 0.3) is 11.4 Å². The molecule has 1 N–H and O–H groups in total. The van der Waals surface area contributed by atoms with E-state index >= 15 is 0 Å². The number of carbonyl (C=O) groups is 1. The van der Waals surface area contributed by atoms with Gasteiger partial charge in [-0.1, -0.05) is 12.1 Å². The fourth-order valence-corrected chi connectivity index (χ4v) is 2.79. The molecule has 0 saturated carbocycles. The third kappa shape index (κ3) is 2.47. The summed E-state index contributed by atoms with van der Waals surface area (Å²) in [4.78, 5) is 15.5. The first-order valence-corrected chi connectivity index (χ1v) is 6.84. The molecule has 1 aromatic carbocycles. The van der Waals surface area contributed by atoms with E-state index in [1.54, 1.807) is 4.57 Å². The van der Waals surface area contributed by atoms with Crippen LogP contribution in [0.1, 0.15) is 30.0 Å². The van der Waals surface area contributed by atoms with Crippen LogP contribution >= 0.6 is 0 Å². The molecule has 0 fully saturated rings. The lowest BCUT2D eigenvalue weighted by atomic mass is 9.96. The van der Waals surface area contributed by atoms with E-state index in [2.05, 4.69) is 4.98 Å². The van der Waals surface area contributed by atoms with Crippen LogP contribution < -0.4 is 0 Å². The summed E-state index contributed by atoms with van der Waals surface area (Å²) in [6.45, 7) is 0.621. The van der Waals surface area contributed by atoms with E-state index in [9.17, 15) is 23.1 Å². The van der Waals surface area contributed by atoms with Crippen molar-refractivity contribution in [3.63, 3.8) is 0 Å². The highest BCUT2D eigenvalue weighted by Crippen LogP contribution is 2.34. The van der Waals surface area contributed by atoms with Gasteiger partial charge in [0.2, 0.25) is 0 Å². The highest BCUT2D eigenvalue weighted by atomic mass is 19.4. The van der Waals surface area contributed by atoms with Gasteiger partial charge < -0.3 is 9.67 Å². The second kappa shape index (κ2) is 5.15. The number of alkyl halides is 3. The Morgan fingerprint density at radius 2 is 1.95 bits per heavy atom. The Bertz CT molecular complexity index is 705. The number of fused-ring (bicyclic) bond motifs is 1. The molecule has 1 unspecified atom stereocenters. The van der Waals surface area contributed by atoms with Crippen LogP contribution in [0.5, 0.6) is 0 Å². The Labute approximate surface area is 124 Å². The normalized spacial score (nSPS) is 18.0. The van der Waals surface area contributed by atoms with Crippen molar-refractivity contribution in [2.75, 3.05) is 0 Å². The van der Waals surface area contributed by atoms with Gasteiger partial charge in [-0.05, 0) is 25.0 Å². The van der Waals surface area contributed by atoms with Crippen LogP contribution in [0.4, 0.5) is 13.2 Å². The summed E-state index contributed by atoms with van der Waals surface area (Å²) in [5.74, 6) is -1.00. The van der Waals surface area contributed by atoms with Crippen molar-refractivity contribution in [1.82, 2.24) is 9.55 Å². The third-order valence-electron chi connectivity index (χ3n) is 3.89. The van der Waals surface area contributed by atoms with E-state index in [0.29, 0.717) is 36.5 Å². The predicted octanol–water partition coefficient (Wildman–Crippen LogP) is 3.53. The summed E-state index contributed by atoms with van der Waals surface area (Å²) in [5.41, 5.74) is 0.434. The van der Waals surface area contributed by atoms with Crippen LogP contribution in [0.15, 0.2) is 30.5 Å². The average Bonchev–Trinajstić information content (AvgIpc) is 2.90. The van der Waals surface area contributed by atoms with Crippen molar-refractivity contribution in [2.24, 2.45) is 0 Å². The number of rotatable bonds is 2. The summed E-state index contributed by atoms with van der Waals surface area (Å²) in [6.07, 6.45) is -1.62. The van der Waals surface area contributed by atoms with Crippen molar-refractivity contribution in [3.05, 3.63) is 41.7 Å². The number of imidazole rings is 1. The molecule has 3 rings (SSSR count). The van der Waals surface area contributed by atoms with Gasteiger partial charge in [0, 0.05) is 18.3 Å². The van der Waals surface area contributed by atoms with Gasteiger partial charge in [-0.25, -0.2) is 4.98 Å². The number of hydrogen-bond donors (Lipinski definition) is 1. The van der Waals surface area contributed by atoms with Gasteiger partial charge in [0.1, 0.15) is 5.82 Å². The van der Waals surface area contributed by atoms with Crippen LogP contribution in [0.3, 0.4) is 0 Å². The monoisotopic (exact) mass is 310 g/mol. The maximum atomic E-state index is 12.6. The Hall–Kier alpha value is -2.31. The van der Waals surface area contributed by atoms with Gasteiger partial charge in [0.25, 0.3) is 0 Å². The molecule has 0 saturated heterocycles. The standard InChI is InChI=1S/C15H13F3N2O2/c16-15(17,18)10-5-3-9(4-6-10)13-19-8-12-11(14(21)22)2-1-7-20(12)13/h3-6,8,11H,1-2,7H2,(H,21,22). The van der Waals surface area contributed by atoms with Crippen LogP contribution in [-0.4, -0.2) is 20.6 Å². The molecule has 1 aliphatic rings. The van der Waals surface area contributed by atoms with Crippen LogP contribution in [-0.2, 0) is 17.5 Å². The zero-order valence-electron chi connectivity index (χ0n) is 11.5. The lowest BCUT2D eigenvalue weighted by Crippen LogP contribution is -2.21. The molecule has 0 aliphatic carbocycles. The van der Waals surface area contributed by atoms with E-state index < -0.39 is 23.6 Å². The van der Waals surface area contributed by atoms with Gasteiger partial charge >= 0.3 is 12.1 Å². The molecule has 116 valence electrons. The molecule has 1 aromatic heterocycles. The van der Waals surface area contributed by atoms with Gasteiger partial charge in [0.15, 0.2) is 0 Å². The number of aliphatic carboxylic acids is 1. The first kappa shape index (κ1) is 14.6. The molecule has 0 spiro atoms. The first-order valence-electron chi connectivity index (χ1n) is 6.84. The second-order valence-corrected chi connectivity index (χ2v) is 5.27. The first-order chi connectivity index (χ1) is 10.4. The Balaban J connectivity index is 1.98. The third-order valence-corrected chi connectivity index (χ3v) is 3.89. The summed E-state index contributed by atoms with van der Waals surface area (Å²) in [6, 6.07) is 4.74. The molecule has 7 heteroatoms. The number of aromatic nitrogens is 2. The van der Waals surface area contributed by atoms with Crippen molar-refractivity contribution < 1.29 is 23.1 Å². The summed E-state index contributed by atoms with van der Waals surface area (Å²) in [7, 11) is 0. The number of nitrogens with zero attached hydrogens (tertiary/aromatic N) is 2. The van der Waals surface area contributed by atoms with Gasteiger partial charge in [0.05, 0.1) is 17.2 Å². The summed E-state index contributed by atoms with van der Waals surface area (Å²) in [5, 5.41) is 9.22. The second-order valence-electron chi connectivity index (χ2n) is 5.27. The summed E-state index contributed by atoms with van der Waals surface area (Å²) < 4.78 is 39.6. The highest BCUT2D eigenvalue weighted by molar-refractivity contribution is 5.76. The number of hydrogen-bond acceptors (Lipinski definition) is 2. The number of carboxylic acid groups (broad SMARTS) is 1. The molecule has 1 atom stereocenters. The quantitative estimate of drug-likeness (QED) is 0.923. The molecule has 0 amide bonds. The van der Waals surface area contributed by atoms with Crippen LogP contribution in [0.2, 0.25) is 0 Å². The molecule has 4 nitrogen and oxygen atoms in total. The van der Waals surface area contributed by atoms with E-state index in [4.69, 9.17) is 0 Å². The molecule has 0 radical (unpaired) electrons. The molecule has 1 aliphatic heterocycles. The Morgan fingerprint density at radius 3 is 2.55 bits per heavy atom.